The van der Waals surface area contributed by atoms with Gasteiger partial charge in [0.25, 0.3) is 0 Å². The molecule has 0 spiro atoms. The van der Waals surface area contributed by atoms with Gasteiger partial charge in [-0.3, -0.25) is 9.59 Å². The van der Waals surface area contributed by atoms with Crippen molar-refractivity contribution in [2.75, 3.05) is 16.8 Å². The second kappa shape index (κ2) is 9.83. The van der Waals surface area contributed by atoms with E-state index in [9.17, 15) is 9.59 Å². The first-order chi connectivity index (χ1) is 15.1. The topological polar surface area (TPSA) is 75.2 Å². The highest BCUT2D eigenvalue weighted by atomic mass is 32.1. The molecule has 0 radical (unpaired) electrons. The summed E-state index contributed by atoms with van der Waals surface area (Å²) in [7, 11) is 0. The van der Waals surface area contributed by atoms with Gasteiger partial charge in [0.1, 0.15) is 5.01 Å². The van der Waals surface area contributed by atoms with Crippen LogP contribution in [0.25, 0.3) is 0 Å². The summed E-state index contributed by atoms with van der Waals surface area (Å²) in [5.41, 5.74) is 3.37. The molecule has 6 nitrogen and oxygen atoms in total. The highest BCUT2D eigenvalue weighted by Gasteiger charge is 2.34. The SMILES string of the molecule is CCc1ccccc1N1C[C@@H](c2nnc(NC(=O)CCCc3ccccc3)s2)CC1=O. The second-order valence-electron chi connectivity index (χ2n) is 7.72. The number of amides is 2. The van der Waals surface area contributed by atoms with Crippen molar-refractivity contribution < 1.29 is 9.59 Å². The number of aryl methyl sites for hydroxylation is 2. The quantitative estimate of drug-likeness (QED) is 0.563. The number of hydrogen-bond acceptors (Lipinski definition) is 5. The summed E-state index contributed by atoms with van der Waals surface area (Å²) < 4.78 is 0. The number of para-hydroxylation sites is 1. The van der Waals surface area contributed by atoms with Gasteiger partial charge in [-0.2, -0.15) is 0 Å². The van der Waals surface area contributed by atoms with Crippen LogP contribution in [0.1, 0.15) is 48.2 Å². The van der Waals surface area contributed by atoms with Gasteiger partial charge < -0.3 is 10.2 Å². The minimum Gasteiger partial charge on any atom is -0.311 e. The maximum atomic E-state index is 12.7. The van der Waals surface area contributed by atoms with Crippen LogP contribution in [0.4, 0.5) is 10.8 Å². The van der Waals surface area contributed by atoms with Crippen molar-refractivity contribution in [1.29, 1.82) is 0 Å². The summed E-state index contributed by atoms with van der Waals surface area (Å²) in [6.45, 7) is 2.69. The lowest BCUT2D eigenvalue weighted by molar-refractivity contribution is -0.117. The molecule has 1 aliphatic rings. The van der Waals surface area contributed by atoms with Gasteiger partial charge in [0.2, 0.25) is 16.9 Å². The molecule has 3 aromatic rings. The van der Waals surface area contributed by atoms with Crippen LogP contribution in [0.5, 0.6) is 0 Å². The number of nitrogens with zero attached hydrogens (tertiary/aromatic N) is 3. The smallest absolute Gasteiger partial charge is 0.227 e. The number of anilines is 2. The highest BCUT2D eigenvalue weighted by Crippen LogP contribution is 2.35. The second-order valence-corrected chi connectivity index (χ2v) is 8.73. The zero-order valence-electron chi connectivity index (χ0n) is 17.6. The Labute approximate surface area is 186 Å². The number of nitrogens with one attached hydrogen (secondary N) is 1. The zero-order chi connectivity index (χ0) is 21.6. The average Bonchev–Trinajstić information content (AvgIpc) is 3.41. The third-order valence-corrected chi connectivity index (χ3v) is 6.54. The molecule has 1 saturated heterocycles. The number of aromatic nitrogens is 2. The van der Waals surface area contributed by atoms with Crippen molar-refractivity contribution in [3.63, 3.8) is 0 Å². The molecule has 7 heteroatoms. The van der Waals surface area contributed by atoms with E-state index in [0.717, 1.165) is 35.5 Å². The van der Waals surface area contributed by atoms with Crippen LogP contribution in [-0.4, -0.2) is 28.6 Å². The minimum atomic E-state index is -0.0559. The summed E-state index contributed by atoms with van der Waals surface area (Å²) in [5, 5.41) is 12.5. The van der Waals surface area contributed by atoms with Crippen molar-refractivity contribution in [3.8, 4) is 0 Å². The Kier molecular flexibility index (Phi) is 6.72. The van der Waals surface area contributed by atoms with E-state index in [2.05, 4.69) is 40.6 Å². The number of carbonyl (C=O) groups is 2. The van der Waals surface area contributed by atoms with Gasteiger partial charge in [0.15, 0.2) is 0 Å². The van der Waals surface area contributed by atoms with Crippen molar-refractivity contribution in [1.82, 2.24) is 10.2 Å². The number of carbonyl (C=O) groups excluding carboxylic acids is 2. The zero-order valence-corrected chi connectivity index (χ0v) is 18.4. The van der Waals surface area contributed by atoms with E-state index in [-0.39, 0.29) is 17.7 Å². The maximum absolute atomic E-state index is 12.7. The van der Waals surface area contributed by atoms with E-state index in [1.807, 2.05) is 41.3 Å². The fraction of sp³-hybridized carbons (Fsp3) is 0.333. The molecule has 1 atom stereocenters. The van der Waals surface area contributed by atoms with E-state index in [1.54, 1.807) is 0 Å². The highest BCUT2D eigenvalue weighted by molar-refractivity contribution is 7.15. The predicted molar refractivity (Wildman–Crippen MR) is 123 cm³/mol. The van der Waals surface area contributed by atoms with Crippen molar-refractivity contribution in [3.05, 3.63) is 70.7 Å². The standard InChI is InChI=1S/C24H26N4O2S/c1-2-18-12-6-7-13-20(18)28-16-19(15-22(28)30)23-26-27-24(31-23)25-21(29)14-8-11-17-9-4-3-5-10-17/h3-7,9-10,12-13,19H,2,8,11,14-16H2,1H3,(H,25,27,29)/t19-/m0/s1. The van der Waals surface area contributed by atoms with Gasteiger partial charge in [-0.05, 0) is 36.5 Å². The Hall–Kier alpha value is -3.06. The Morgan fingerprint density at radius 3 is 2.71 bits per heavy atom. The number of rotatable bonds is 8. The summed E-state index contributed by atoms with van der Waals surface area (Å²) in [4.78, 5) is 26.8. The molecular weight excluding hydrogens is 408 g/mol. The van der Waals surface area contributed by atoms with Gasteiger partial charge in [0, 0.05) is 31.0 Å². The molecule has 1 aromatic heterocycles. The molecule has 0 bridgehead atoms. The van der Waals surface area contributed by atoms with E-state index in [4.69, 9.17) is 0 Å². The molecule has 2 heterocycles. The molecule has 0 unspecified atom stereocenters. The molecule has 0 aliphatic carbocycles. The third-order valence-electron chi connectivity index (χ3n) is 5.54. The molecular formula is C24H26N4O2S. The summed E-state index contributed by atoms with van der Waals surface area (Å²) in [6, 6.07) is 18.2. The van der Waals surface area contributed by atoms with Crippen LogP contribution in [0.2, 0.25) is 0 Å². The fourth-order valence-corrected chi connectivity index (χ4v) is 4.76. The first-order valence-electron chi connectivity index (χ1n) is 10.7. The molecule has 4 rings (SSSR count). The monoisotopic (exact) mass is 434 g/mol. The van der Waals surface area contributed by atoms with Crippen molar-refractivity contribution in [2.24, 2.45) is 0 Å². The lowest BCUT2D eigenvalue weighted by Gasteiger charge is -2.19. The van der Waals surface area contributed by atoms with Gasteiger partial charge in [0.05, 0.1) is 0 Å². The van der Waals surface area contributed by atoms with Crippen LogP contribution in [0, 0.1) is 0 Å². The van der Waals surface area contributed by atoms with Crippen LogP contribution in [0.15, 0.2) is 54.6 Å². The Morgan fingerprint density at radius 2 is 1.90 bits per heavy atom. The van der Waals surface area contributed by atoms with Crippen LogP contribution < -0.4 is 10.2 Å². The van der Waals surface area contributed by atoms with Crippen LogP contribution >= 0.6 is 11.3 Å². The summed E-state index contributed by atoms with van der Waals surface area (Å²) >= 11 is 1.36. The van der Waals surface area contributed by atoms with Gasteiger partial charge in [-0.25, -0.2) is 0 Å². The molecule has 1 fully saturated rings. The summed E-state index contributed by atoms with van der Waals surface area (Å²) in [5.74, 6) is 0.0471. The predicted octanol–water partition coefficient (Wildman–Crippen LogP) is 4.58. The van der Waals surface area contributed by atoms with E-state index < -0.39 is 0 Å². The lowest BCUT2D eigenvalue weighted by Crippen LogP contribution is -2.25. The number of hydrogen-bond donors (Lipinski definition) is 1. The van der Waals surface area contributed by atoms with E-state index in [0.29, 0.717) is 24.5 Å². The van der Waals surface area contributed by atoms with Gasteiger partial charge in [-0.1, -0.05) is 66.8 Å². The largest absolute Gasteiger partial charge is 0.311 e. The molecule has 31 heavy (non-hydrogen) atoms. The van der Waals surface area contributed by atoms with Crippen molar-refractivity contribution >= 4 is 34.0 Å². The van der Waals surface area contributed by atoms with E-state index in [1.165, 1.54) is 16.9 Å². The average molecular weight is 435 g/mol. The molecule has 0 saturated carbocycles. The fourth-order valence-electron chi connectivity index (χ4n) is 3.91. The molecule has 1 aliphatic heterocycles. The third kappa shape index (κ3) is 5.17. The first kappa shape index (κ1) is 21.2. The number of benzene rings is 2. The minimum absolute atomic E-state index is 0.00125. The van der Waals surface area contributed by atoms with Crippen LogP contribution in [0.3, 0.4) is 0 Å². The normalized spacial score (nSPS) is 16.0. The van der Waals surface area contributed by atoms with E-state index >= 15 is 0 Å². The first-order valence-corrected chi connectivity index (χ1v) is 11.5. The molecule has 160 valence electrons. The Morgan fingerprint density at radius 1 is 1.13 bits per heavy atom. The Bertz CT molecular complexity index is 1050. The maximum Gasteiger partial charge on any atom is 0.227 e. The van der Waals surface area contributed by atoms with Gasteiger partial charge >= 0.3 is 0 Å². The van der Waals surface area contributed by atoms with Gasteiger partial charge in [-0.15, -0.1) is 10.2 Å². The van der Waals surface area contributed by atoms with Crippen LogP contribution in [-0.2, 0) is 22.4 Å². The summed E-state index contributed by atoms with van der Waals surface area (Å²) in [6.07, 6.45) is 3.38. The lowest BCUT2D eigenvalue weighted by atomic mass is 10.1. The molecule has 2 amide bonds. The Balaban J connectivity index is 1.32. The molecule has 2 aromatic carbocycles. The molecule has 1 N–H and O–H groups in total. The van der Waals surface area contributed by atoms with Crippen molar-refractivity contribution in [2.45, 2.75) is 44.9 Å².